The zero-order chi connectivity index (χ0) is 14.0. The lowest BCUT2D eigenvalue weighted by atomic mass is 10.1. The molecule has 0 aliphatic heterocycles. The third-order valence-corrected chi connectivity index (χ3v) is 3.45. The molecule has 100 valence electrons. The van der Waals surface area contributed by atoms with Crippen LogP contribution in [0.4, 0.5) is 0 Å². The predicted octanol–water partition coefficient (Wildman–Crippen LogP) is 3.37. The van der Waals surface area contributed by atoms with Crippen molar-refractivity contribution in [2.45, 2.75) is 27.2 Å². The molecule has 0 unspecified atom stereocenters. The SMILES string of the molecule is CC/C(C)=C(/NC(C)=O)c1cnc2ccc(Br)cn12. The van der Waals surface area contributed by atoms with Crippen LogP contribution in [0.3, 0.4) is 0 Å². The molecular formula is C14H16BrN3O. The maximum atomic E-state index is 11.4. The van der Waals surface area contributed by atoms with Gasteiger partial charge in [-0.05, 0) is 47.0 Å². The van der Waals surface area contributed by atoms with Crippen molar-refractivity contribution in [2.75, 3.05) is 0 Å². The molecule has 2 aromatic heterocycles. The van der Waals surface area contributed by atoms with E-state index >= 15 is 0 Å². The number of rotatable bonds is 3. The lowest BCUT2D eigenvalue weighted by Gasteiger charge is -2.12. The van der Waals surface area contributed by atoms with E-state index in [4.69, 9.17) is 0 Å². The van der Waals surface area contributed by atoms with E-state index in [1.165, 1.54) is 6.92 Å². The van der Waals surface area contributed by atoms with Gasteiger partial charge >= 0.3 is 0 Å². The van der Waals surface area contributed by atoms with E-state index in [-0.39, 0.29) is 5.91 Å². The number of hydrogen-bond donors (Lipinski definition) is 1. The smallest absolute Gasteiger partial charge is 0.221 e. The molecule has 0 saturated heterocycles. The minimum Gasteiger partial charge on any atom is -0.325 e. The van der Waals surface area contributed by atoms with Gasteiger partial charge in [-0.25, -0.2) is 4.98 Å². The molecule has 0 aliphatic carbocycles. The Morgan fingerprint density at radius 2 is 2.16 bits per heavy atom. The highest BCUT2D eigenvalue weighted by Gasteiger charge is 2.12. The lowest BCUT2D eigenvalue weighted by molar-refractivity contribution is -0.117. The Labute approximate surface area is 120 Å². The molecule has 0 aliphatic rings. The van der Waals surface area contributed by atoms with Crippen molar-refractivity contribution in [2.24, 2.45) is 0 Å². The van der Waals surface area contributed by atoms with Gasteiger partial charge in [0.1, 0.15) is 5.65 Å². The van der Waals surface area contributed by atoms with Crippen LogP contribution in [0, 0.1) is 0 Å². The van der Waals surface area contributed by atoms with Crippen LogP contribution < -0.4 is 5.32 Å². The molecule has 0 bridgehead atoms. The second kappa shape index (κ2) is 5.57. The Morgan fingerprint density at radius 1 is 1.42 bits per heavy atom. The largest absolute Gasteiger partial charge is 0.325 e. The van der Waals surface area contributed by atoms with Gasteiger partial charge in [-0.15, -0.1) is 0 Å². The molecule has 0 fully saturated rings. The van der Waals surface area contributed by atoms with Gasteiger partial charge in [-0.1, -0.05) is 6.92 Å². The topological polar surface area (TPSA) is 46.4 Å². The Bertz CT molecular complexity index is 658. The average Bonchev–Trinajstić information content (AvgIpc) is 2.77. The first kappa shape index (κ1) is 13.8. The van der Waals surface area contributed by atoms with Crippen molar-refractivity contribution in [3.05, 3.63) is 40.3 Å². The van der Waals surface area contributed by atoms with E-state index in [2.05, 4.69) is 33.2 Å². The molecule has 5 heteroatoms. The van der Waals surface area contributed by atoms with Gasteiger partial charge in [0.2, 0.25) is 5.91 Å². The molecular weight excluding hydrogens is 306 g/mol. The van der Waals surface area contributed by atoms with Crippen molar-refractivity contribution >= 4 is 33.2 Å². The van der Waals surface area contributed by atoms with Gasteiger partial charge < -0.3 is 5.32 Å². The number of carbonyl (C=O) groups excluding carboxylic acids is 1. The Morgan fingerprint density at radius 3 is 2.79 bits per heavy atom. The summed E-state index contributed by atoms with van der Waals surface area (Å²) in [5.74, 6) is -0.0762. The number of halogens is 1. The van der Waals surface area contributed by atoms with Crippen LogP contribution in [0.2, 0.25) is 0 Å². The van der Waals surface area contributed by atoms with Gasteiger partial charge in [0.05, 0.1) is 17.6 Å². The molecule has 4 nitrogen and oxygen atoms in total. The second-order valence-corrected chi connectivity index (χ2v) is 5.32. The van der Waals surface area contributed by atoms with Crippen LogP contribution in [0.5, 0.6) is 0 Å². The van der Waals surface area contributed by atoms with E-state index < -0.39 is 0 Å². The van der Waals surface area contributed by atoms with Crippen LogP contribution >= 0.6 is 15.9 Å². The first-order chi connectivity index (χ1) is 9.02. The number of amides is 1. The fraction of sp³-hybridized carbons (Fsp3) is 0.286. The van der Waals surface area contributed by atoms with E-state index in [1.807, 2.05) is 29.7 Å². The molecule has 0 spiro atoms. The minimum atomic E-state index is -0.0762. The number of imidazole rings is 1. The third-order valence-electron chi connectivity index (χ3n) is 2.98. The number of carbonyl (C=O) groups is 1. The van der Waals surface area contributed by atoms with Crippen LogP contribution in [0.1, 0.15) is 32.9 Å². The number of hydrogen-bond acceptors (Lipinski definition) is 2. The van der Waals surface area contributed by atoms with Crippen molar-refractivity contribution in [3.63, 3.8) is 0 Å². The number of allylic oxidation sites excluding steroid dienone is 1. The lowest BCUT2D eigenvalue weighted by Crippen LogP contribution is -2.20. The molecule has 2 heterocycles. The monoisotopic (exact) mass is 321 g/mol. The number of nitrogens with one attached hydrogen (secondary N) is 1. The molecule has 19 heavy (non-hydrogen) atoms. The van der Waals surface area contributed by atoms with E-state index in [9.17, 15) is 4.79 Å². The highest BCUT2D eigenvalue weighted by molar-refractivity contribution is 9.10. The van der Waals surface area contributed by atoms with Gasteiger partial charge in [-0.3, -0.25) is 9.20 Å². The van der Waals surface area contributed by atoms with Crippen LogP contribution in [-0.4, -0.2) is 15.3 Å². The van der Waals surface area contributed by atoms with E-state index in [1.54, 1.807) is 6.20 Å². The Balaban J connectivity index is 2.63. The number of aromatic nitrogens is 2. The summed E-state index contributed by atoms with van der Waals surface area (Å²) in [6, 6.07) is 3.88. The number of pyridine rings is 1. The quantitative estimate of drug-likeness (QED) is 0.942. The summed E-state index contributed by atoms with van der Waals surface area (Å²) in [5, 5.41) is 2.91. The van der Waals surface area contributed by atoms with Crippen molar-refractivity contribution in [1.82, 2.24) is 14.7 Å². The summed E-state index contributed by atoms with van der Waals surface area (Å²) in [6.45, 7) is 5.60. The molecule has 2 rings (SSSR count). The van der Waals surface area contributed by atoms with Crippen LogP contribution in [0.25, 0.3) is 11.3 Å². The van der Waals surface area contributed by atoms with Gasteiger partial charge in [0, 0.05) is 17.6 Å². The molecule has 0 radical (unpaired) electrons. The van der Waals surface area contributed by atoms with E-state index in [0.717, 1.165) is 33.5 Å². The second-order valence-electron chi connectivity index (χ2n) is 4.41. The minimum absolute atomic E-state index is 0.0762. The molecule has 0 atom stereocenters. The molecule has 0 saturated carbocycles. The summed E-state index contributed by atoms with van der Waals surface area (Å²) in [5.41, 5.74) is 3.70. The van der Waals surface area contributed by atoms with Crippen LogP contribution in [0.15, 0.2) is 34.6 Å². The van der Waals surface area contributed by atoms with Crippen molar-refractivity contribution in [1.29, 1.82) is 0 Å². The highest BCUT2D eigenvalue weighted by Crippen LogP contribution is 2.21. The van der Waals surface area contributed by atoms with Crippen molar-refractivity contribution < 1.29 is 4.79 Å². The molecule has 1 amide bonds. The van der Waals surface area contributed by atoms with Gasteiger partial charge in [0.15, 0.2) is 0 Å². The molecule has 0 aromatic carbocycles. The van der Waals surface area contributed by atoms with Crippen molar-refractivity contribution in [3.8, 4) is 0 Å². The third kappa shape index (κ3) is 2.87. The fourth-order valence-corrected chi connectivity index (χ4v) is 2.22. The summed E-state index contributed by atoms with van der Waals surface area (Å²) in [4.78, 5) is 15.7. The Kier molecular flexibility index (Phi) is 4.04. The predicted molar refractivity (Wildman–Crippen MR) is 79.6 cm³/mol. The van der Waals surface area contributed by atoms with Crippen LogP contribution in [-0.2, 0) is 4.79 Å². The first-order valence-electron chi connectivity index (χ1n) is 6.13. The normalized spacial score (nSPS) is 12.4. The first-order valence-corrected chi connectivity index (χ1v) is 6.92. The number of nitrogens with zero attached hydrogens (tertiary/aromatic N) is 2. The maximum Gasteiger partial charge on any atom is 0.221 e. The standard InChI is InChI=1S/C14H16BrN3O/c1-4-9(2)14(17-10(3)19)12-7-16-13-6-5-11(15)8-18(12)13/h5-8H,4H2,1-3H3,(H,17,19)/b14-9+. The number of fused-ring (bicyclic) bond motifs is 1. The average molecular weight is 322 g/mol. The van der Waals surface area contributed by atoms with Gasteiger partial charge in [0.25, 0.3) is 0 Å². The Hall–Kier alpha value is -1.62. The summed E-state index contributed by atoms with van der Waals surface area (Å²) < 4.78 is 2.93. The summed E-state index contributed by atoms with van der Waals surface area (Å²) >= 11 is 3.45. The zero-order valence-electron chi connectivity index (χ0n) is 11.2. The maximum absolute atomic E-state index is 11.4. The van der Waals surface area contributed by atoms with E-state index in [0.29, 0.717) is 0 Å². The summed E-state index contributed by atoms with van der Waals surface area (Å²) in [7, 11) is 0. The zero-order valence-corrected chi connectivity index (χ0v) is 12.8. The highest BCUT2D eigenvalue weighted by atomic mass is 79.9. The fourth-order valence-electron chi connectivity index (χ4n) is 1.88. The van der Waals surface area contributed by atoms with Gasteiger partial charge in [-0.2, -0.15) is 0 Å². The molecule has 1 N–H and O–H groups in total. The summed E-state index contributed by atoms with van der Waals surface area (Å²) in [6.07, 6.45) is 4.60. The molecule has 2 aromatic rings.